The molecule has 4 aromatic carbocycles. The van der Waals surface area contributed by atoms with E-state index in [1.807, 2.05) is 0 Å². The van der Waals surface area contributed by atoms with E-state index in [0.29, 0.717) is 29.3 Å². The monoisotopic (exact) mass is 476 g/mol. The summed E-state index contributed by atoms with van der Waals surface area (Å²) in [5.41, 5.74) is -1.37. The largest absolute Gasteiger partial charge is 0.432 e. The van der Waals surface area contributed by atoms with Gasteiger partial charge in [-0.1, -0.05) is 42.5 Å². The van der Waals surface area contributed by atoms with Gasteiger partial charge in [0.25, 0.3) is 0 Å². The van der Waals surface area contributed by atoms with Crippen LogP contribution in [0.15, 0.2) is 72.8 Å². The van der Waals surface area contributed by atoms with Gasteiger partial charge in [-0.05, 0) is 53.4 Å². The lowest BCUT2D eigenvalue weighted by Gasteiger charge is -2.20. The standard InChI is InChI=1S/C26H15F7O/c1-14-9-18(13-23(30)25(14)31)34-26(32,33)24-21(28)11-17(12-22(24)29)19-8-7-16(10-20(19)27)15-5-3-2-4-6-15/h2-13H,1H3. The molecule has 174 valence electrons. The van der Waals surface area contributed by atoms with Gasteiger partial charge in [0.05, 0.1) is 0 Å². The number of alkyl halides is 2. The van der Waals surface area contributed by atoms with Gasteiger partial charge in [0.15, 0.2) is 11.6 Å². The third-order valence-electron chi connectivity index (χ3n) is 5.15. The highest BCUT2D eigenvalue weighted by molar-refractivity contribution is 5.71. The molecule has 8 heteroatoms. The number of halogens is 7. The summed E-state index contributed by atoms with van der Waals surface area (Å²) in [7, 11) is 0. The lowest BCUT2D eigenvalue weighted by molar-refractivity contribution is -0.189. The third kappa shape index (κ3) is 4.48. The van der Waals surface area contributed by atoms with Gasteiger partial charge in [0.1, 0.15) is 28.8 Å². The summed E-state index contributed by atoms with van der Waals surface area (Å²) in [5.74, 6) is -7.77. The number of rotatable bonds is 5. The molecular formula is C26H15F7O. The molecule has 34 heavy (non-hydrogen) atoms. The predicted octanol–water partition coefficient (Wildman–Crippen LogP) is 8.15. The second-order valence-electron chi connectivity index (χ2n) is 7.53. The van der Waals surface area contributed by atoms with Gasteiger partial charge in [0, 0.05) is 11.6 Å². The van der Waals surface area contributed by atoms with Crippen molar-refractivity contribution < 1.29 is 35.5 Å². The van der Waals surface area contributed by atoms with Crippen LogP contribution in [0.4, 0.5) is 30.7 Å². The van der Waals surface area contributed by atoms with Crippen molar-refractivity contribution in [2.24, 2.45) is 0 Å². The van der Waals surface area contributed by atoms with Crippen LogP contribution in [0.5, 0.6) is 5.75 Å². The summed E-state index contributed by atoms with van der Waals surface area (Å²) in [5, 5.41) is 0. The molecule has 0 radical (unpaired) electrons. The van der Waals surface area contributed by atoms with Crippen LogP contribution in [0, 0.1) is 36.0 Å². The van der Waals surface area contributed by atoms with Gasteiger partial charge in [-0.15, -0.1) is 0 Å². The lowest BCUT2D eigenvalue weighted by Crippen LogP contribution is -2.25. The molecule has 0 aromatic heterocycles. The maximum Gasteiger partial charge on any atom is 0.432 e. The zero-order valence-electron chi connectivity index (χ0n) is 17.5. The molecule has 0 N–H and O–H groups in total. The van der Waals surface area contributed by atoms with E-state index in [0.717, 1.165) is 19.1 Å². The molecule has 0 aliphatic heterocycles. The Labute approximate surface area is 190 Å². The van der Waals surface area contributed by atoms with Crippen LogP contribution < -0.4 is 4.74 Å². The predicted molar refractivity (Wildman–Crippen MR) is 113 cm³/mol. The van der Waals surface area contributed by atoms with Crippen molar-refractivity contribution in [1.29, 1.82) is 0 Å². The molecule has 0 saturated heterocycles. The van der Waals surface area contributed by atoms with Gasteiger partial charge < -0.3 is 4.74 Å². The molecule has 4 aromatic rings. The van der Waals surface area contributed by atoms with Crippen molar-refractivity contribution in [2.45, 2.75) is 13.0 Å². The van der Waals surface area contributed by atoms with Crippen molar-refractivity contribution in [3.63, 3.8) is 0 Å². The average molecular weight is 476 g/mol. The van der Waals surface area contributed by atoms with Crippen molar-refractivity contribution in [3.05, 3.63) is 113 Å². The van der Waals surface area contributed by atoms with Crippen LogP contribution in [0.25, 0.3) is 22.3 Å². The topological polar surface area (TPSA) is 9.23 Å². The van der Waals surface area contributed by atoms with Crippen LogP contribution in [0.1, 0.15) is 11.1 Å². The van der Waals surface area contributed by atoms with Crippen LogP contribution >= 0.6 is 0 Å². The SMILES string of the molecule is Cc1cc(OC(F)(F)c2c(F)cc(-c3ccc(-c4ccccc4)cc3F)cc2F)cc(F)c1F. The Morgan fingerprint density at radius 2 is 1.24 bits per heavy atom. The first kappa shape index (κ1) is 23.4. The fourth-order valence-electron chi connectivity index (χ4n) is 3.52. The van der Waals surface area contributed by atoms with Crippen molar-refractivity contribution >= 4 is 0 Å². The Bertz CT molecular complexity index is 1320. The van der Waals surface area contributed by atoms with Gasteiger partial charge in [-0.25, -0.2) is 22.0 Å². The van der Waals surface area contributed by atoms with Crippen molar-refractivity contribution in [1.82, 2.24) is 0 Å². The zero-order valence-corrected chi connectivity index (χ0v) is 17.5. The highest BCUT2D eigenvalue weighted by atomic mass is 19.3. The first-order chi connectivity index (χ1) is 16.1. The maximum atomic E-state index is 14.7. The second kappa shape index (κ2) is 8.85. The van der Waals surface area contributed by atoms with Crippen LogP contribution in [-0.2, 0) is 6.11 Å². The maximum absolute atomic E-state index is 14.7. The molecule has 0 saturated carbocycles. The normalized spacial score (nSPS) is 11.5. The molecule has 0 amide bonds. The summed E-state index contributed by atoms with van der Waals surface area (Å²) in [6.07, 6.45) is -4.57. The summed E-state index contributed by atoms with van der Waals surface area (Å²) in [6.45, 7) is 1.11. The van der Waals surface area contributed by atoms with E-state index in [1.54, 1.807) is 30.3 Å². The van der Waals surface area contributed by atoms with Gasteiger partial charge in [-0.2, -0.15) is 8.78 Å². The molecule has 1 nitrogen and oxygen atoms in total. The average Bonchev–Trinajstić information content (AvgIpc) is 2.77. The lowest BCUT2D eigenvalue weighted by atomic mass is 9.98. The van der Waals surface area contributed by atoms with Crippen molar-refractivity contribution in [3.8, 4) is 28.0 Å². The van der Waals surface area contributed by atoms with Gasteiger partial charge in [0.2, 0.25) is 0 Å². The Hall–Kier alpha value is -3.81. The van der Waals surface area contributed by atoms with E-state index in [9.17, 15) is 30.7 Å². The Kier molecular flexibility index (Phi) is 6.08. The van der Waals surface area contributed by atoms with Crippen molar-refractivity contribution in [2.75, 3.05) is 0 Å². The number of ether oxygens (including phenoxy) is 1. The van der Waals surface area contributed by atoms with Gasteiger partial charge in [-0.3, -0.25) is 0 Å². The fraction of sp³-hybridized carbons (Fsp3) is 0.0769. The summed E-state index contributed by atoms with van der Waals surface area (Å²) >= 11 is 0. The molecule has 0 unspecified atom stereocenters. The fourth-order valence-corrected chi connectivity index (χ4v) is 3.52. The molecule has 0 bridgehead atoms. The van der Waals surface area contributed by atoms with Crippen LogP contribution in [-0.4, -0.2) is 0 Å². The summed E-state index contributed by atoms with van der Waals surface area (Å²) < 4.78 is 104. The first-order valence-electron chi connectivity index (χ1n) is 9.94. The molecule has 0 fully saturated rings. The first-order valence-corrected chi connectivity index (χ1v) is 9.94. The van der Waals surface area contributed by atoms with Crippen LogP contribution in [0.3, 0.4) is 0 Å². The second-order valence-corrected chi connectivity index (χ2v) is 7.53. The molecule has 0 spiro atoms. The quantitative estimate of drug-likeness (QED) is 0.264. The smallest absolute Gasteiger partial charge is 0.429 e. The number of hydrogen-bond donors (Lipinski definition) is 0. The summed E-state index contributed by atoms with van der Waals surface area (Å²) in [4.78, 5) is 0. The molecule has 4 rings (SSSR count). The number of aryl methyl sites for hydroxylation is 1. The molecule has 0 aliphatic carbocycles. The zero-order chi connectivity index (χ0) is 24.6. The van der Waals surface area contributed by atoms with E-state index in [4.69, 9.17) is 0 Å². The minimum Gasteiger partial charge on any atom is -0.429 e. The van der Waals surface area contributed by atoms with E-state index < -0.39 is 46.5 Å². The third-order valence-corrected chi connectivity index (χ3v) is 5.15. The molecule has 0 aliphatic rings. The number of hydrogen-bond acceptors (Lipinski definition) is 1. The summed E-state index contributed by atoms with van der Waals surface area (Å²) in [6, 6.07) is 15.0. The Morgan fingerprint density at radius 1 is 0.618 bits per heavy atom. The highest BCUT2D eigenvalue weighted by Gasteiger charge is 2.41. The van der Waals surface area contributed by atoms with E-state index >= 15 is 0 Å². The Morgan fingerprint density at radius 3 is 1.82 bits per heavy atom. The minimum atomic E-state index is -4.57. The molecule has 0 atom stereocenters. The van der Waals surface area contributed by atoms with E-state index in [1.165, 1.54) is 12.1 Å². The highest BCUT2D eigenvalue weighted by Crippen LogP contribution is 2.38. The minimum absolute atomic E-state index is 0.204. The van der Waals surface area contributed by atoms with Crippen LogP contribution in [0.2, 0.25) is 0 Å². The van der Waals surface area contributed by atoms with E-state index in [2.05, 4.69) is 4.74 Å². The number of benzene rings is 4. The Balaban J connectivity index is 1.68. The molecular weight excluding hydrogens is 461 g/mol. The van der Waals surface area contributed by atoms with E-state index in [-0.39, 0.29) is 16.7 Å². The van der Waals surface area contributed by atoms with Gasteiger partial charge >= 0.3 is 6.11 Å². The molecule has 0 heterocycles.